The number of phenolic OH excluding ortho intramolecular Hbond substituents is 1. The third-order valence-electron chi connectivity index (χ3n) is 2.06. The average molecular weight is 557 g/mol. The third kappa shape index (κ3) is 12.8. The molecule has 2 aromatic carbocycles. The monoisotopic (exact) mass is 554 g/mol. The van der Waals surface area contributed by atoms with Crippen LogP contribution in [0.3, 0.4) is 0 Å². The van der Waals surface area contributed by atoms with Gasteiger partial charge in [-0.2, -0.15) is 0 Å². The van der Waals surface area contributed by atoms with Crippen molar-refractivity contribution in [3.8, 4) is 11.5 Å². The van der Waals surface area contributed by atoms with Crippen LogP contribution in [-0.4, -0.2) is 22.5 Å². The highest BCUT2D eigenvalue weighted by Crippen LogP contribution is 2.21. The summed E-state index contributed by atoms with van der Waals surface area (Å²) in [5, 5.41) is 8.68. The number of ether oxygens (including phenoxy) is 1. The van der Waals surface area contributed by atoms with Gasteiger partial charge in [0.25, 0.3) is 0 Å². The van der Waals surface area contributed by atoms with Crippen molar-refractivity contribution < 1.29 is 23.4 Å². The van der Waals surface area contributed by atoms with Gasteiger partial charge in [0, 0.05) is 19.1 Å². The summed E-state index contributed by atoms with van der Waals surface area (Å²) < 4.78 is 30.5. The van der Waals surface area contributed by atoms with Crippen LogP contribution in [-0.2, 0) is 4.79 Å². The van der Waals surface area contributed by atoms with Crippen LogP contribution in [0.2, 0.25) is 0 Å². The van der Waals surface area contributed by atoms with E-state index in [9.17, 15) is 13.6 Å². The number of benzene rings is 2. The maximum atomic E-state index is 12.8. The molecule has 0 atom stereocenters. The second-order valence-corrected chi connectivity index (χ2v) is 12.2. The van der Waals surface area contributed by atoms with Gasteiger partial charge in [0.2, 0.25) is 0 Å². The molecule has 3 nitrogen and oxygen atoms in total. The minimum Gasteiger partial charge on any atom is -0.508 e. The van der Waals surface area contributed by atoms with E-state index in [4.69, 9.17) is 35.3 Å². The predicted molar refractivity (Wildman–Crippen MR) is 104 cm³/mol. The van der Waals surface area contributed by atoms with Gasteiger partial charge < -0.3 is 9.84 Å². The molecule has 1 N–H and O–H groups in total. The van der Waals surface area contributed by atoms with Gasteiger partial charge in [0.05, 0.1) is 8.95 Å². The molecule has 136 valence electrons. The summed E-state index contributed by atoms with van der Waals surface area (Å²) in [7, 11) is 14.8. The molecule has 2 aromatic rings. The summed E-state index contributed by atoms with van der Waals surface area (Å²) in [5.41, 5.74) is 0. The molecule has 0 aliphatic heterocycles. The standard InChI is InChI=1S/C8H6BrFO2.C6H4BrFO.Al.3ClH/c1-5(11)12-6-2-3-7(9)8(10)4-6;7-5-2-1-4(9)3-6(5)8;;;;/h2-4H,1H3;1-3,9H;;3*1H/q;;+3;;;/p-3. The van der Waals surface area contributed by atoms with Crippen molar-refractivity contribution >= 4 is 79.4 Å². The maximum absolute atomic E-state index is 12.8. The first-order chi connectivity index (χ1) is 11.5. The topological polar surface area (TPSA) is 46.5 Å². The molecule has 0 aliphatic rings. The molecule has 0 amide bonds. The Morgan fingerprint density at radius 3 is 1.84 bits per heavy atom. The number of esters is 1. The summed E-state index contributed by atoms with van der Waals surface area (Å²) >= 11 is 4.20. The first-order valence-corrected chi connectivity index (χ1v) is 13.0. The number of rotatable bonds is 1. The predicted octanol–water partition coefficient (Wildman–Crippen LogP) is 6.50. The molecule has 0 fully saturated rings. The van der Waals surface area contributed by atoms with E-state index in [0.717, 1.165) is 12.1 Å². The molecule has 0 aromatic heterocycles. The van der Waals surface area contributed by atoms with Crippen LogP contribution in [0.4, 0.5) is 8.78 Å². The first-order valence-electron chi connectivity index (χ1n) is 6.22. The Morgan fingerprint density at radius 2 is 1.48 bits per heavy atom. The summed E-state index contributed by atoms with van der Waals surface area (Å²) in [6, 6.07) is 8.04. The van der Waals surface area contributed by atoms with Gasteiger partial charge in [-0.15, -0.1) is 0 Å². The van der Waals surface area contributed by atoms with E-state index in [-0.39, 0.29) is 11.5 Å². The lowest BCUT2D eigenvalue weighted by molar-refractivity contribution is -0.131. The molecule has 0 unspecified atom stereocenters. The zero-order chi connectivity index (χ0) is 19.6. The van der Waals surface area contributed by atoms with Crippen molar-refractivity contribution in [3.63, 3.8) is 0 Å². The second-order valence-electron chi connectivity index (χ2n) is 4.02. The van der Waals surface area contributed by atoms with E-state index in [1.807, 2.05) is 0 Å². The molecule has 2 rings (SSSR count). The van der Waals surface area contributed by atoms with Gasteiger partial charge in [-0.05, 0) is 56.1 Å². The van der Waals surface area contributed by atoms with Crippen LogP contribution in [0.1, 0.15) is 6.92 Å². The lowest BCUT2D eigenvalue weighted by Crippen LogP contribution is -2.01. The van der Waals surface area contributed by atoms with Crippen LogP contribution < -0.4 is 4.74 Å². The SMILES string of the molecule is CC(=O)Oc1ccc(Br)c(F)c1.Oc1ccc(Br)c(F)c1.[Cl][Al]([Cl])[Cl]. The molecule has 11 heteroatoms. The zero-order valence-electron chi connectivity index (χ0n) is 12.5. The number of carbonyl (C=O) groups is 1. The fraction of sp³-hybridized carbons (Fsp3) is 0.0714. The van der Waals surface area contributed by atoms with Gasteiger partial charge in [-0.3, -0.25) is 4.79 Å². The van der Waals surface area contributed by atoms with Crippen LogP contribution in [0.15, 0.2) is 45.3 Å². The number of aromatic hydroxyl groups is 1. The lowest BCUT2D eigenvalue weighted by atomic mass is 10.3. The van der Waals surface area contributed by atoms with Crippen molar-refractivity contribution in [2.75, 3.05) is 0 Å². The highest BCUT2D eigenvalue weighted by molar-refractivity contribution is 9.10. The Kier molecular flexibility index (Phi) is 13.1. The highest BCUT2D eigenvalue weighted by Gasteiger charge is 2.02. The normalized spacial score (nSPS) is 9.12. The Morgan fingerprint density at radius 1 is 1.04 bits per heavy atom. The molecule has 0 heterocycles. The van der Waals surface area contributed by atoms with E-state index in [0.29, 0.717) is 8.95 Å². The van der Waals surface area contributed by atoms with E-state index in [1.165, 1.54) is 31.2 Å². The van der Waals surface area contributed by atoms with Gasteiger partial charge in [0.1, 0.15) is 23.1 Å². The molecule has 0 saturated carbocycles. The third-order valence-corrected chi connectivity index (χ3v) is 3.34. The van der Waals surface area contributed by atoms with E-state index in [2.05, 4.69) is 36.6 Å². The average Bonchev–Trinajstić information content (AvgIpc) is 2.47. The van der Waals surface area contributed by atoms with E-state index < -0.39 is 29.0 Å². The number of hydrogen-bond acceptors (Lipinski definition) is 3. The largest absolute Gasteiger partial charge is 0.643 e. The zero-order valence-corrected chi connectivity index (χ0v) is 19.0. The second kappa shape index (κ2) is 13.2. The Balaban J connectivity index is 0.000000391. The fourth-order valence-corrected chi connectivity index (χ4v) is 1.68. The quantitative estimate of drug-likeness (QED) is 0.248. The Hall–Kier alpha value is -0.0675. The Bertz CT molecular complexity index is 706. The van der Waals surface area contributed by atoms with E-state index in [1.54, 1.807) is 0 Å². The van der Waals surface area contributed by atoms with E-state index >= 15 is 0 Å². The van der Waals surface area contributed by atoms with Crippen molar-refractivity contribution in [1.82, 2.24) is 0 Å². The van der Waals surface area contributed by atoms with Crippen LogP contribution in [0.5, 0.6) is 11.5 Å². The summed E-state index contributed by atoms with van der Waals surface area (Å²) in [5.74, 6) is -1.21. The summed E-state index contributed by atoms with van der Waals surface area (Å²) in [4.78, 5) is 10.5. The summed E-state index contributed by atoms with van der Waals surface area (Å²) in [6.45, 7) is 1.26. The van der Waals surface area contributed by atoms with Gasteiger partial charge >= 0.3 is 17.4 Å². The van der Waals surface area contributed by atoms with Crippen molar-refractivity contribution in [3.05, 3.63) is 57.0 Å². The smallest absolute Gasteiger partial charge is 0.508 e. The minimum atomic E-state index is -1.72. The van der Waals surface area contributed by atoms with Crippen LogP contribution in [0.25, 0.3) is 0 Å². The molecular formula is C14H10AlBr2Cl3F2O3. The molecule has 25 heavy (non-hydrogen) atoms. The van der Waals surface area contributed by atoms with Crippen molar-refractivity contribution in [2.45, 2.75) is 6.92 Å². The molecule has 0 aliphatic carbocycles. The number of carbonyl (C=O) groups excluding carboxylic acids is 1. The van der Waals surface area contributed by atoms with Crippen LogP contribution in [0, 0.1) is 11.6 Å². The number of hydrogen-bond donors (Lipinski definition) is 1. The molecule has 0 radical (unpaired) electrons. The van der Waals surface area contributed by atoms with Crippen LogP contribution >= 0.6 is 62.0 Å². The first kappa shape index (κ1) is 24.9. The Labute approximate surface area is 177 Å². The molecule has 0 saturated heterocycles. The summed E-state index contributed by atoms with van der Waals surface area (Å²) in [6.07, 6.45) is 0. The fourth-order valence-electron chi connectivity index (χ4n) is 1.19. The molecule has 0 bridgehead atoms. The van der Waals surface area contributed by atoms with Gasteiger partial charge in [-0.25, -0.2) is 38.9 Å². The van der Waals surface area contributed by atoms with Gasteiger partial charge in [-0.1, -0.05) is 0 Å². The van der Waals surface area contributed by atoms with Gasteiger partial charge in [0.15, 0.2) is 0 Å². The number of phenols is 1. The number of halogens is 7. The lowest BCUT2D eigenvalue weighted by Gasteiger charge is -2.00. The maximum Gasteiger partial charge on any atom is 0.643 e. The highest BCUT2D eigenvalue weighted by atomic mass is 79.9. The minimum absolute atomic E-state index is 0.0595. The van der Waals surface area contributed by atoms with Crippen molar-refractivity contribution in [1.29, 1.82) is 0 Å². The van der Waals surface area contributed by atoms with Crippen molar-refractivity contribution in [2.24, 2.45) is 0 Å². The molecule has 0 spiro atoms. The molecular weight excluding hydrogens is 547 g/mol.